The number of benzene rings is 2. The average Bonchev–Trinajstić information content (AvgIpc) is 3.16. The van der Waals surface area contributed by atoms with Gasteiger partial charge in [-0.25, -0.2) is 4.39 Å². The molecule has 1 aliphatic rings. The Bertz CT molecular complexity index is 756. The number of halogens is 1. The third kappa shape index (κ3) is 4.75. The second-order valence-corrected chi connectivity index (χ2v) is 7.78. The van der Waals surface area contributed by atoms with Crippen molar-refractivity contribution in [3.8, 4) is 0 Å². The van der Waals surface area contributed by atoms with Crippen LogP contribution in [0.2, 0.25) is 0 Å². The standard InChI is InChI=1S/C23H29FN2O/c1-18(22(27)26(2)16-19-9-8-12-21(24)15-19)25-17-23(13-6-7-14-23)20-10-4-3-5-11-20/h3-5,8-12,15,18,25H,6-7,13-14,16-17H2,1-2H3. The van der Waals surface area contributed by atoms with Crippen LogP contribution in [0.15, 0.2) is 54.6 Å². The summed E-state index contributed by atoms with van der Waals surface area (Å²) in [7, 11) is 1.77. The van der Waals surface area contributed by atoms with Crippen LogP contribution in [-0.4, -0.2) is 30.4 Å². The van der Waals surface area contributed by atoms with Gasteiger partial charge in [0.25, 0.3) is 0 Å². The summed E-state index contributed by atoms with van der Waals surface area (Å²) in [4.78, 5) is 14.4. The Morgan fingerprint density at radius 3 is 2.52 bits per heavy atom. The van der Waals surface area contributed by atoms with E-state index in [4.69, 9.17) is 0 Å². The van der Waals surface area contributed by atoms with Crippen molar-refractivity contribution in [3.05, 3.63) is 71.5 Å². The van der Waals surface area contributed by atoms with Crippen molar-refractivity contribution in [2.75, 3.05) is 13.6 Å². The van der Waals surface area contributed by atoms with Gasteiger partial charge in [0.1, 0.15) is 5.82 Å². The Morgan fingerprint density at radius 1 is 1.15 bits per heavy atom. The third-order valence-electron chi connectivity index (χ3n) is 5.75. The second kappa shape index (κ2) is 8.66. The lowest BCUT2D eigenvalue weighted by molar-refractivity contribution is -0.132. The van der Waals surface area contributed by atoms with Gasteiger partial charge in [0.2, 0.25) is 5.91 Å². The quantitative estimate of drug-likeness (QED) is 0.791. The monoisotopic (exact) mass is 368 g/mol. The average molecular weight is 368 g/mol. The molecule has 144 valence electrons. The fourth-order valence-electron chi connectivity index (χ4n) is 4.16. The van der Waals surface area contributed by atoms with E-state index in [9.17, 15) is 9.18 Å². The largest absolute Gasteiger partial charge is 0.340 e. The van der Waals surface area contributed by atoms with E-state index in [1.165, 1.54) is 30.5 Å². The number of hydrogen-bond donors (Lipinski definition) is 1. The van der Waals surface area contributed by atoms with Gasteiger partial charge >= 0.3 is 0 Å². The van der Waals surface area contributed by atoms with Gasteiger partial charge in [-0.2, -0.15) is 0 Å². The summed E-state index contributed by atoms with van der Waals surface area (Å²) in [5, 5.41) is 3.48. The van der Waals surface area contributed by atoms with Gasteiger partial charge in [0.05, 0.1) is 6.04 Å². The van der Waals surface area contributed by atoms with E-state index in [0.717, 1.165) is 24.9 Å². The minimum atomic E-state index is -0.273. The molecule has 0 spiro atoms. The molecule has 1 fully saturated rings. The van der Waals surface area contributed by atoms with Crippen molar-refractivity contribution in [1.82, 2.24) is 10.2 Å². The van der Waals surface area contributed by atoms with Crippen LogP contribution in [0, 0.1) is 5.82 Å². The first-order chi connectivity index (χ1) is 13.0. The Hall–Kier alpha value is -2.20. The van der Waals surface area contributed by atoms with Crippen LogP contribution in [0.4, 0.5) is 4.39 Å². The van der Waals surface area contributed by atoms with Crippen LogP contribution in [0.1, 0.15) is 43.7 Å². The highest BCUT2D eigenvalue weighted by atomic mass is 19.1. The maximum Gasteiger partial charge on any atom is 0.239 e. The van der Waals surface area contributed by atoms with Crippen LogP contribution < -0.4 is 5.32 Å². The molecule has 1 saturated carbocycles. The maximum atomic E-state index is 13.4. The zero-order chi connectivity index (χ0) is 19.3. The van der Waals surface area contributed by atoms with E-state index in [1.807, 2.05) is 19.1 Å². The molecule has 0 aromatic heterocycles. The van der Waals surface area contributed by atoms with Crippen molar-refractivity contribution in [1.29, 1.82) is 0 Å². The van der Waals surface area contributed by atoms with Crippen molar-refractivity contribution in [2.45, 2.75) is 50.6 Å². The van der Waals surface area contributed by atoms with E-state index < -0.39 is 0 Å². The number of rotatable bonds is 7. The Morgan fingerprint density at radius 2 is 1.85 bits per heavy atom. The van der Waals surface area contributed by atoms with E-state index in [-0.39, 0.29) is 23.2 Å². The second-order valence-electron chi connectivity index (χ2n) is 7.78. The molecule has 2 aromatic rings. The van der Waals surface area contributed by atoms with Crippen molar-refractivity contribution < 1.29 is 9.18 Å². The van der Waals surface area contributed by atoms with Crippen LogP contribution in [0.3, 0.4) is 0 Å². The van der Waals surface area contributed by atoms with Gasteiger partial charge in [-0.15, -0.1) is 0 Å². The number of hydrogen-bond acceptors (Lipinski definition) is 2. The molecular weight excluding hydrogens is 339 g/mol. The van der Waals surface area contributed by atoms with Crippen LogP contribution >= 0.6 is 0 Å². The molecule has 0 radical (unpaired) electrons. The molecule has 4 heteroatoms. The predicted octanol–water partition coefficient (Wildman–Crippen LogP) is 4.27. The number of likely N-dealkylation sites (N-methyl/N-ethyl adjacent to an activating group) is 1. The summed E-state index contributed by atoms with van der Waals surface area (Å²) in [5.41, 5.74) is 2.29. The highest BCUT2D eigenvalue weighted by Crippen LogP contribution is 2.40. The Labute approximate surface area is 161 Å². The lowest BCUT2D eigenvalue weighted by Crippen LogP contribution is -2.47. The van der Waals surface area contributed by atoms with Gasteiger partial charge in [0.15, 0.2) is 0 Å². The molecule has 3 rings (SSSR count). The molecule has 0 aliphatic heterocycles. The van der Waals surface area contributed by atoms with E-state index in [2.05, 4.69) is 29.6 Å². The predicted molar refractivity (Wildman–Crippen MR) is 107 cm³/mol. The zero-order valence-corrected chi connectivity index (χ0v) is 16.2. The van der Waals surface area contributed by atoms with Crippen molar-refractivity contribution in [3.63, 3.8) is 0 Å². The molecule has 1 amide bonds. The van der Waals surface area contributed by atoms with Gasteiger partial charge < -0.3 is 10.2 Å². The van der Waals surface area contributed by atoms with E-state index >= 15 is 0 Å². The third-order valence-corrected chi connectivity index (χ3v) is 5.75. The molecule has 1 unspecified atom stereocenters. The molecule has 0 bridgehead atoms. The van der Waals surface area contributed by atoms with Crippen LogP contribution in [-0.2, 0) is 16.8 Å². The summed E-state index contributed by atoms with van der Waals surface area (Å²) < 4.78 is 13.4. The zero-order valence-electron chi connectivity index (χ0n) is 16.2. The lowest BCUT2D eigenvalue weighted by Gasteiger charge is -2.32. The van der Waals surface area contributed by atoms with Crippen LogP contribution in [0.5, 0.6) is 0 Å². The topological polar surface area (TPSA) is 32.3 Å². The number of nitrogens with one attached hydrogen (secondary N) is 1. The fourth-order valence-corrected chi connectivity index (χ4v) is 4.16. The molecular formula is C23H29FN2O. The number of amides is 1. The molecule has 1 atom stereocenters. The molecule has 0 heterocycles. The summed E-state index contributed by atoms with van der Waals surface area (Å²) in [5.74, 6) is -0.244. The molecule has 27 heavy (non-hydrogen) atoms. The summed E-state index contributed by atoms with van der Waals surface area (Å²) in [6, 6.07) is 16.8. The smallest absolute Gasteiger partial charge is 0.239 e. The minimum absolute atomic E-state index is 0.0282. The first-order valence-electron chi connectivity index (χ1n) is 9.78. The summed E-state index contributed by atoms with van der Waals surface area (Å²) >= 11 is 0. The number of carbonyl (C=O) groups excluding carboxylic acids is 1. The normalized spacial score (nSPS) is 16.9. The van der Waals surface area contributed by atoms with Crippen molar-refractivity contribution in [2.24, 2.45) is 0 Å². The van der Waals surface area contributed by atoms with Gasteiger partial charge in [-0.1, -0.05) is 55.3 Å². The first kappa shape index (κ1) is 19.6. The first-order valence-corrected chi connectivity index (χ1v) is 9.78. The van der Waals surface area contributed by atoms with Gasteiger partial charge in [-0.3, -0.25) is 4.79 Å². The Kier molecular flexibility index (Phi) is 6.27. The minimum Gasteiger partial charge on any atom is -0.340 e. The van der Waals surface area contributed by atoms with E-state index in [1.54, 1.807) is 18.0 Å². The van der Waals surface area contributed by atoms with Gasteiger partial charge in [0, 0.05) is 25.6 Å². The summed E-state index contributed by atoms with van der Waals surface area (Å²) in [6.45, 7) is 3.13. The highest BCUT2D eigenvalue weighted by molar-refractivity contribution is 5.81. The van der Waals surface area contributed by atoms with Crippen molar-refractivity contribution >= 4 is 5.91 Å². The SMILES string of the molecule is CC(NCC1(c2ccccc2)CCCC1)C(=O)N(C)Cc1cccc(F)c1. The molecule has 2 aromatic carbocycles. The van der Waals surface area contributed by atoms with Gasteiger partial charge in [-0.05, 0) is 43.0 Å². The van der Waals surface area contributed by atoms with Crippen LogP contribution in [0.25, 0.3) is 0 Å². The molecule has 0 saturated heterocycles. The Balaban J connectivity index is 1.60. The highest BCUT2D eigenvalue weighted by Gasteiger charge is 2.36. The summed E-state index contributed by atoms with van der Waals surface area (Å²) in [6.07, 6.45) is 4.78. The number of carbonyl (C=O) groups is 1. The fraction of sp³-hybridized carbons (Fsp3) is 0.435. The molecule has 3 nitrogen and oxygen atoms in total. The lowest BCUT2D eigenvalue weighted by atomic mass is 9.78. The molecule has 1 aliphatic carbocycles. The molecule has 1 N–H and O–H groups in total. The maximum absolute atomic E-state index is 13.4. The number of nitrogens with zero attached hydrogens (tertiary/aromatic N) is 1. The van der Waals surface area contributed by atoms with E-state index in [0.29, 0.717) is 6.54 Å².